The highest BCUT2D eigenvalue weighted by atomic mass is 16.5. The summed E-state index contributed by atoms with van der Waals surface area (Å²) >= 11 is 0. The molecule has 2 unspecified atom stereocenters. The van der Waals surface area contributed by atoms with Gasteiger partial charge in [0.05, 0.1) is 19.4 Å². The Bertz CT molecular complexity index is 689. The van der Waals surface area contributed by atoms with Crippen molar-refractivity contribution < 1.29 is 19.0 Å². The topological polar surface area (TPSA) is 100 Å². The lowest BCUT2D eigenvalue weighted by molar-refractivity contribution is -0.0153. The lowest BCUT2D eigenvalue weighted by Gasteiger charge is -2.12. The number of aromatic nitrogens is 4. The first kappa shape index (κ1) is 15.4. The van der Waals surface area contributed by atoms with Gasteiger partial charge in [-0.3, -0.25) is 5.32 Å². The van der Waals surface area contributed by atoms with Gasteiger partial charge in [-0.2, -0.15) is 5.10 Å². The molecule has 9 heteroatoms. The van der Waals surface area contributed by atoms with Crippen LogP contribution >= 0.6 is 0 Å². The molecule has 1 saturated heterocycles. The summed E-state index contributed by atoms with van der Waals surface area (Å²) in [5.74, 6) is 0.0204. The van der Waals surface area contributed by atoms with E-state index in [4.69, 9.17) is 14.2 Å². The van der Waals surface area contributed by atoms with Crippen LogP contribution in [-0.4, -0.2) is 46.0 Å². The lowest BCUT2D eigenvalue weighted by Crippen LogP contribution is -2.21. The summed E-state index contributed by atoms with van der Waals surface area (Å²) in [6.45, 7) is 2.61. The van der Waals surface area contributed by atoms with Gasteiger partial charge in [0.15, 0.2) is 5.69 Å². The number of nitrogens with one attached hydrogen (secondary N) is 1. The Hall–Kier alpha value is -2.52. The molecule has 0 aromatic carbocycles. The number of carbonyl (C=O) groups is 1. The average Bonchev–Trinajstić information content (AvgIpc) is 3.24. The van der Waals surface area contributed by atoms with Crippen LogP contribution in [0.2, 0.25) is 0 Å². The smallest absolute Gasteiger partial charge is 0.358 e. The Kier molecular flexibility index (Phi) is 4.49. The molecule has 3 heterocycles. The molecule has 9 nitrogen and oxygen atoms in total. The van der Waals surface area contributed by atoms with Gasteiger partial charge in [-0.1, -0.05) is 0 Å². The molecule has 0 amide bonds. The molecule has 122 valence electrons. The number of methoxy groups -OCH3 is 1. The van der Waals surface area contributed by atoms with E-state index in [1.807, 2.05) is 0 Å². The van der Waals surface area contributed by atoms with Crippen LogP contribution in [0.15, 0.2) is 24.7 Å². The van der Waals surface area contributed by atoms with Crippen molar-refractivity contribution in [3.05, 3.63) is 36.0 Å². The molecule has 1 N–H and O–H groups in total. The Labute approximate surface area is 132 Å². The van der Waals surface area contributed by atoms with Crippen LogP contribution in [0.1, 0.15) is 35.6 Å². The molecule has 2 aromatic heterocycles. The molecule has 0 radical (unpaired) electrons. The van der Waals surface area contributed by atoms with Gasteiger partial charge < -0.3 is 14.2 Å². The quantitative estimate of drug-likeness (QED) is 0.803. The summed E-state index contributed by atoms with van der Waals surface area (Å²) in [4.78, 5) is 19.8. The van der Waals surface area contributed by atoms with Crippen LogP contribution in [-0.2, 0) is 9.47 Å². The largest absolute Gasteiger partial charge is 0.481 e. The highest BCUT2D eigenvalue weighted by Crippen LogP contribution is 2.27. The van der Waals surface area contributed by atoms with Crippen molar-refractivity contribution in [1.82, 2.24) is 25.1 Å². The van der Waals surface area contributed by atoms with Crippen molar-refractivity contribution >= 4 is 5.97 Å². The summed E-state index contributed by atoms with van der Waals surface area (Å²) < 4.78 is 17.4. The first-order valence-electron chi connectivity index (χ1n) is 7.18. The first-order chi connectivity index (χ1) is 11.2. The van der Waals surface area contributed by atoms with E-state index in [1.54, 1.807) is 32.4 Å². The fourth-order valence-corrected chi connectivity index (χ4v) is 2.21. The van der Waals surface area contributed by atoms with E-state index in [-0.39, 0.29) is 11.8 Å². The second-order valence-electron chi connectivity index (χ2n) is 4.77. The van der Waals surface area contributed by atoms with Crippen LogP contribution in [0.3, 0.4) is 0 Å². The van der Waals surface area contributed by atoms with E-state index in [0.717, 1.165) is 0 Å². The van der Waals surface area contributed by atoms with E-state index >= 15 is 0 Å². The number of hydrogen-bond acceptors (Lipinski definition) is 8. The van der Waals surface area contributed by atoms with E-state index in [2.05, 4.69) is 20.4 Å². The van der Waals surface area contributed by atoms with Crippen LogP contribution in [0.5, 0.6) is 5.88 Å². The fraction of sp³-hybridized carbons (Fsp3) is 0.429. The molecule has 1 aliphatic rings. The maximum atomic E-state index is 11.6. The molecule has 1 fully saturated rings. The maximum absolute atomic E-state index is 11.6. The van der Waals surface area contributed by atoms with Crippen LogP contribution in [0.4, 0.5) is 0 Å². The summed E-state index contributed by atoms with van der Waals surface area (Å²) in [5, 5.41) is 7.34. The number of nitrogens with zero attached hydrogens (tertiary/aromatic N) is 4. The zero-order valence-corrected chi connectivity index (χ0v) is 12.8. The van der Waals surface area contributed by atoms with Gasteiger partial charge in [0.2, 0.25) is 12.2 Å². The summed E-state index contributed by atoms with van der Waals surface area (Å²) in [7, 11) is 1.54. The standard InChI is InChI=1S/C14H17N5O4/c1-3-22-13(20)9-4-5-19(18-9)14-15-7-11(23-14)10-6-12(21-2)17-8-16-10/h4-6,8,11,14-15H,3,7H2,1-2H3. The van der Waals surface area contributed by atoms with Crippen molar-refractivity contribution in [3.8, 4) is 5.88 Å². The molecule has 2 aromatic rings. The Morgan fingerprint density at radius 2 is 2.39 bits per heavy atom. The highest BCUT2D eigenvalue weighted by Gasteiger charge is 2.29. The van der Waals surface area contributed by atoms with Gasteiger partial charge in [0.25, 0.3) is 0 Å². The Morgan fingerprint density at radius 3 is 3.17 bits per heavy atom. The predicted octanol–water partition coefficient (Wildman–Crippen LogP) is 0.676. The molecule has 23 heavy (non-hydrogen) atoms. The summed E-state index contributed by atoms with van der Waals surface area (Å²) in [5.41, 5.74) is 0.953. The first-order valence-corrected chi connectivity index (χ1v) is 7.18. The van der Waals surface area contributed by atoms with Gasteiger partial charge in [-0.25, -0.2) is 19.4 Å². The number of hydrogen-bond donors (Lipinski definition) is 1. The molecule has 0 bridgehead atoms. The average molecular weight is 319 g/mol. The van der Waals surface area contributed by atoms with E-state index in [0.29, 0.717) is 24.7 Å². The fourth-order valence-electron chi connectivity index (χ4n) is 2.21. The number of ether oxygens (including phenoxy) is 3. The summed E-state index contributed by atoms with van der Waals surface area (Å²) in [6, 6.07) is 3.31. The summed E-state index contributed by atoms with van der Waals surface area (Å²) in [6.07, 6.45) is 2.35. The molecule has 2 atom stereocenters. The zero-order valence-electron chi connectivity index (χ0n) is 12.8. The highest BCUT2D eigenvalue weighted by molar-refractivity contribution is 5.86. The molecule has 0 aliphatic carbocycles. The van der Waals surface area contributed by atoms with Gasteiger partial charge in [0, 0.05) is 18.8 Å². The number of rotatable bonds is 5. The third kappa shape index (κ3) is 3.30. The van der Waals surface area contributed by atoms with Crippen molar-refractivity contribution in [3.63, 3.8) is 0 Å². The second-order valence-corrected chi connectivity index (χ2v) is 4.77. The third-order valence-electron chi connectivity index (χ3n) is 3.31. The maximum Gasteiger partial charge on any atom is 0.358 e. The Balaban J connectivity index is 1.68. The minimum Gasteiger partial charge on any atom is -0.481 e. The van der Waals surface area contributed by atoms with Crippen LogP contribution in [0, 0.1) is 0 Å². The normalized spacial score (nSPS) is 20.4. The molecule has 1 aliphatic heterocycles. The van der Waals surface area contributed by atoms with Crippen molar-refractivity contribution in [2.45, 2.75) is 19.4 Å². The molecular weight excluding hydrogens is 302 g/mol. The minimum atomic E-state index is -0.482. The van der Waals surface area contributed by atoms with Crippen molar-refractivity contribution in [2.75, 3.05) is 20.3 Å². The van der Waals surface area contributed by atoms with Crippen molar-refractivity contribution in [1.29, 1.82) is 0 Å². The molecule has 0 saturated carbocycles. The number of esters is 1. The lowest BCUT2D eigenvalue weighted by atomic mass is 10.2. The third-order valence-corrected chi connectivity index (χ3v) is 3.31. The number of carbonyl (C=O) groups excluding carboxylic acids is 1. The molecule has 0 spiro atoms. The van der Waals surface area contributed by atoms with Gasteiger partial charge in [-0.05, 0) is 13.0 Å². The van der Waals surface area contributed by atoms with Gasteiger partial charge in [-0.15, -0.1) is 0 Å². The zero-order chi connectivity index (χ0) is 16.2. The molecular formula is C14H17N5O4. The van der Waals surface area contributed by atoms with Crippen LogP contribution in [0.25, 0.3) is 0 Å². The predicted molar refractivity (Wildman–Crippen MR) is 77.6 cm³/mol. The van der Waals surface area contributed by atoms with E-state index in [9.17, 15) is 4.79 Å². The van der Waals surface area contributed by atoms with Gasteiger partial charge in [0.1, 0.15) is 12.4 Å². The second kappa shape index (κ2) is 6.71. The van der Waals surface area contributed by atoms with E-state index in [1.165, 1.54) is 11.0 Å². The minimum absolute atomic E-state index is 0.240. The SMILES string of the molecule is CCOC(=O)c1ccn(C2NCC(c3cc(OC)ncn3)O2)n1. The monoisotopic (exact) mass is 319 g/mol. The van der Waals surface area contributed by atoms with Crippen molar-refractivity contribution in [2.24, 2.45) is 0 Å². The van der Waals surface area contributed by atoms with E-state index < -0.39 is 12.3 Å². The van der Waals surface area contributed by atoms with Crippen LogP contribution < -0.4 is 10.1 Å². The molecule has 3 rings (SSSR count). The Morgan fingerprint density at radius 1 is 1.52 bits per heavy atom. The van der Waals surface area contributed by atoms with Gasteiger partial charge >= 0.3 is 5.97 Å².